The second-order valence-electron chi connectivity index (χ2n) is 8.86. The van der Waals surface area contributed by atoms with Crippen LogP contribution in [0.5, 0.6) is 0 Å². The van der Waals surface area contributed by atoms with E-state index in [2.05, 4.69) is 30.1 Å². The Bertz CT molecular complexity index is 1220. The number of alkyl halides is 2. The maximum Gasteiger partial charge on any atom is 0.303 e. The predicted molar refractivity (Wildman–Crippen MR) is 120 cm³/mol. The molecule has 33 heavy (non-hydrogen) atoms. The van der Waals surface area contributed by atoms with Gasteiger partial charge in [0.25, 0.3) is 0 Å². The largest absolute Gasteiger partial charge is 0.353 e. The topological polar surface area (TPSA) is 92.1 Å². The van der Waals surface area contributed by atoms with Crippen LogP contribution in [0.3, 0.4) is 0 Å². The van der Waals surface area contributed by atoms with Crippen molar-refractivity contribution in [3.63, 3.8) is 0 Å². The first-order valence-electron chi connectivity index (χ1n) is 11.1. The molecule has 5 heterocycles. The molecule has 5 rings (SSSR count). The van der Waals surface area contributed by atoms with Gasteiger partial charge < -0.3 is 10.2 Å². The fraction of sp³-hybridized carbons (Fsp3) is 0.500. The molecule has 9 nitrogen and oxygen atoms in total. The number of nitrogens with one attached hydrogen (secondary N) is 1. The van der Waals surface area contributed by atoms with Gasteiger partial charge in [0.15, 0.2) is 11.6 Å². The molecule has 1 N–H and O–H groups in total. The summed E-state index contributed by atoms with van der Waals surface area (Å²) in [4.78, 5) is 28.7. The fourth-order valence-corrected chi connectivity index (χ4v) is 4.45. The zero-order valence-electron chi connectivity index (χ0n) is 18.8. The molecule has 174 valence electrons. The fourth-order valence-electron chi connectivity index (χ4n) is 4.45. The number of amides is 1. The highest BCUT2D eigenvalue weighted by atomic mass is 19.3. The van der Waals surface area contributed by atoms with Gasteiger partial charge in [-0.25, -0.2) is 19.6 Å². The Morgan fingerprint density at radius 1 is 1.21 bits per heavy atom. The number of carbonyl (C=O) groups is 1. The van der Waals surface area contributed by atoms with Crippen molar-refractivity contribution in [1.29, 1.82) is 0 Å². The van der Waals surface area contributed by atoms with Gasteiger partial charge in [-0.2, -0.15) is 8.78 Å². The van der Waals surface area contributed by atoms with Crippen LogP contribution in [0, 0.1) is 6.92 Å². The van der Waals surface area contributed by atoms with Crippen molar-refractivity contribution in [3.05, 3.63) is 29.8 Å². The number of aryl methyl sites for hydroxylation is 1. The summed E-state index contributed by atoms with van der Waals surface area (Å²) in [5.41, 5.74) is 1.04. The van der Waals surface area contributed by atoms with Crippen molar-refractivity contribution in [2.45, 2.75) is 45.6 Å². The summed E-state index contributed by atoms with van der Waals surface area (Å²) >= 11 is 0. The minimum atomic E-state index is -3.19. The normalized spacial score (nSPS) is 19.2. The lowest BCUT2D eigenvalue weighted by molar-refractivity contribution is -0.114. The lowest BCUT2D eigenvalue weighted by atomic mass is 10.1. The first-order valence-corrected chi connectivity index (χ1v) is 11.1. The molecule has 0 bridgehead atoms. The second kappa shape index (κ2) is 7.98. The molecule has 11 heteroatoms. The van der Waals surface area contributed by atoms with Crippen LogP contribution in [0.1, 0.15) is 38.2 Å². The van der Waals surface area contributed by atoms with E-state index >= 15 is 0 Å². The number of hydrogen-bond acceptors (Lipinski definition) is 7. The zero-order valence-corrected chi connectivity index (χ0v) is 18.8. The van der Waals surface area contributed by atoms with E-state index in [1.165, 1.54) is 13.3 Å². The molecule has 0 aliphatic carbocycles. The van der Waals surface area contributed by atoms with Crippen LogP contribution >= 0.6 is 0 Å². The summed E-state index contributed by atoms with van der Waals surface area (Å²) in [6.07, 6.45) is 3.95. The number of aromatic nitrogens is 5. The quantitative estimate of drug-likeness (QED) is 0.631. The standard InChI is InChI=1S/C22H26F2N8O/c1-13-9-19(28-21(26-13)22(3,23)24)32-17-10-18(27-14(2)33)25-11-16(17)20(29-32)31-8-5-15(12-31)30-6-4-7-30/h9-11,15H,4-8,12H2,1-3H3,(H,25,27,33). The Morgan fingerprint density at radius 2 is 2.00 bits per heavy atom. The van der Waals surface area contributed by atoms with E-state index in [-0.39, 0.29) is 11.7 Å². The predicted octanol–water partition coefficient (Wildman–Crippen LogP) is 2.87. The number of likely N-dealkylation sites (tertiary alicyclic amines) is 1. The molecule has 0 radical (unpaired) electrons. The Morgan fingerprint density at radius 3 is 2.67 bits per heavy atom. The Labute approximate surface area is 189 Å². The van der Waals surface area contributed by atoms with Gasteiger partial charge >= 0.3 is 5.92 Å². The van der Waals surface area contributed by atoms with Gasteiger partial charge in [-0.15, -0.1) is 5.10 Å². The van der Waals surface area contributed by atoms with Crippen molar-refractivity contribution in [2.75, 3.05) is 36.4 Å². The van der Waals surface area contributed by atoms with Gasteiger partial charge in [-0.05, 0) is 32.9 Å². The molecule has 2 saturated heterocycles. The van der Waals surface area contributed by atoms with Gasteiger partial charge in [0.2, 0.25) is 11.7 Å². The van der Waals surface area contributed by atoms with Crippen LogP contribution in [-0.4, -0.2) is 67.8 Å². The number of rotatable bonds is 5. The number of anilines is 2. The average Bonchev–Trinajstić information content (AvgIpc) is 3.29. The molecule has 3 aromatic rings. The van der Waals surface area contributed by atoms with Crippen LogP contribution in [0.25, 0.3) is 16.7 Å². The van der Waals surface area contributed by atoms with Crippen molar-refractivity contribution >= 4 is 28.4 Å². The molecule has 2 aliphatic rings. The first kappa shape index (κ1) is 21.6. The molecule has 0 spiro atoms. The van der Waals surface area contributed by atoms with Crippen molar-refractivity contribution in [1.82, 2.24) is 29.6 Å². The molecular weight excluding hydrogens is 430 g/mol. The molecule has 1 atom stereocenters. The summed E-state index contributed by atoms with van der Waals surface area (Å²) < 4.78 is 29.6. The Hall–Kier alpha value is -3.21. The smallest absolute Gasteiger partial charge is 0.303 e. The number of hydrogen-bond donors (Lipinski definition) is 1. The summed E-state index contributed by atoms with van der Waals surface area (Å²) in [7, 11) is 0. The lowest BCUT2D eigenvalue weighted by Crippen LogP contribution is -2.46. The van der Waals surface area contributed by atoms with Gasteiger partial charge in [0.05, 0.1) is 10.9 Å². The molecule has 3 aromatic heterocycles. The SMILES string of the molecule is CC(=O)Nc1cc2c(cn1)c(N1CCC(N3CCC3)C1)nn2-c1cc(C)nc(C(C)(F)F)n1. The molecule has 0 aromatic carbocycles. The minimum absolute atomic E-state index is 0.244. The van der Waals surface area contributed by atoms with Gasteiger partial charge in [0, 0.05) is 57.0 Å². The van der Waals surface area contributed by atoms with Crippen LogP contribution in [0.15, 0.2) is 18.3 Å². The highest BCUT2D eigenvalue weighted by Gasteiger charge is 2.33. The van der Waals surface area contributed by atoms with E-state index in [1.54, 1.807) is 29.9 Å². The second-order valence-corrected chi connectivity index (χ2v) is 8.86. The number of pyridine rings is 1. The monoisotopic (exact) mass is 456 g/mol. The number of carbonyl (C=O) groups excluding carboxylic acids is 1. The summed E-state index contributed by atoms with van der Waals surface area (Å²) in [5.74, 6) is -2.66. The summed E-state index contributed by atoms with van der Waals surface area (Å²) in [6, 6.07) is 3.80. The molecule has 1 unspecified atom stereocenters. The minimum Gasteiger partial charge on any atom is -0.353 e. The summed E-state index contributed by atoms with van der Waals surface area (Å²) in [6.45, 7) is 7.78. The van der Waals surface area contributed by atoms with E-state index in [0.717, 1.165) is 50.7 Å². The van der Waals surface area contributed by atoms with E-state index in [1.807, 2.05) is 0 Å². The molecule has 2 aliphatic heterocycles. The van der Waals surface area contributed by atoms with E-state index in [0.29, 0.717) is 23.1 Å². The van der Waals surface area contributed by atoms with Gasteiger partial charge in [-0.1, -0.05) is 0 Å². The van der Waals surface area contributed by atoms with Crippen LogP contribution in [0.4, 0.5) is 20.4 Å². The van der Waals surface area contributed by atoms with Crippen LogP contribution < -0.4 is 10.2 Å². The third kappa shape index (κ3) is 4.12. The third-order valence-electron chi connectivity index (χ3n) is 6.17. The molecule has 2 fully saturated rings. The first-order chi connectivity index (χ1) is 15.7. The average molecular weight is 457 g/mol. The Kier molecular flexibility index (Phi) is 5.23. The zero-order chi connectivity index (χ0) is 23.3. The number of halogens is 2. The summed E-state index contributed by atoms with van der Waals surface area (Å²) in [5, 5.41) is 8.25. The van der Waals surface area contributed by atoms with Gasteiger partial charge in [-0.3, -0.25) is 9.69 Å². The highest BCUT2D eigenvalue weighted by molar-refractivity contribution is 5.95. The molecular formula is C22H26F2N8O. The molecule has 1 amide bonds. The maximum absolute atomic E-state index is 14.0. The lowest BCUT2D eigenvalue weighted by Gasteiger charge is -2.36. The van der Waals surface area contributed by atoms with E-state index < -0.39 is 11.7 Å². The maximum atomic E-state index is 14.0. The van der Waals surface area contributed by atoms with Crippen LogP contribution in [0.2, 0.25) is 0 Å². The molecule has 0 saturated carbocycles. The van der Waals surface area contributed by atoms with E-state index in [4.69, 9.17) is 5.10 Å². The third-order valence-corrected chi connectivity index (χ3v) is 6.17. The number of fused-ring (bicyclic) bond motifs is 1. The van der Waals surface area contributed by atoms with Crippen LogP contribution in [-0.2, 0) is 10.7 Å². The van der Waals surface area contributed by atoms with Crippen molar-refractivity contribution in [2.24, 2.45) is 0 Å². The van der Waals surface area contributed by atoms with Gasteiger partial charge in [0.1, 0.15) is 5.82 Å². The Balaban J connectivity index is 1.62. The van der Waals surface area contributed by atoms with Crippen molar-refractivity contribution in [3.8, 4) is 5.82 Å². The number of nitrogens with zero attached hydrogens (tertiary/aromatic N) is 7. The highest BCUT2D eigenvalue weighted by Crippen LogP contribution is 2.33. The van der Waals surface area contributed by atoms with E-state index in [9.17, 15) is 13.6 Å². The van der Waals surface area contributed by atoms with Crippen molar-refractivity contribution < 1.29 is 13.6 Å².